The van der Waals surface area contributed by atoms with Crippen LogP contribution < -0.4 is 5.32 Å². The zero-order valence-corrected chi connectivity index (χ0v) is 13.5. The number of imide groups is 2. The summed E-state index contributed by atoms with van der Waals surface area (Å²) in [5, 5.41) is 2.24. The van der Waals surface area contributed by atoms with Crippen LogP contribution in [0.1, 0.15) is 25.7 Å². The highest BCUT2D eigenvalue weighted by Crippen LogP contribution is 2.47. The average Bonchev–Trinajstić information content (AvgIpc) is 3.19. The molecule has 1 aliphatic heterocycles. The summed E-state index contributed by atoms with van der Waals surface area (Å²) < 4.78 is 13.7. The zero-order chi connectivity index (χ0) is 17.6. The third-order valence-electron chi connectivity index (χ3n) is 5.48. The fourth-order valence-corrected chi connectivity index (χ4v) is 4.29. The van der Waals surface area contributed by atoms with E-state index >= 15 is 0 Å². The topological polar surface area (TPSA) is 78.8 Å². The van der Waals surface area contributed by atoms with Gasteiger partial charge in [0.15, 0.2) is 5.92 Å². The van der Waals surface area contributed by atoms with Crippen molar-refractivity contribution in [2.45, 2.75) is 31.7 Å². The molecular weight excluding hydrogens is 325 g/mol. The number of halogens is 1. The lowest BCUT2D eigenvalue weighted by Gasteiger charge is -2.36. The Morgan fingerprint density at radius 1 is 1.16 bits per heavy atom. The fourth-order valence-electron chi connectivity index (χ4n) is 4.29. The number of nitrogens with one attached hydrogen (secondary N) is 1. The molecule has 130 valence electrons. The molecule has 0 aromatic heterocycles. The second-order valence-corrected chi connectivity index (χ2v) is 6.95. The van der Waals surface area contributed by atoms with E-state index in [1.807, 2.05) is 0 Å². The van der Waals surface area contributed by atoms with Crippen molar-refractivity contribution in [1.82, 2.24) is 10.2 Å². The number of rotatable bonds is 3. The zero-order valence-electron chi connectivity index (χ0n) is 13.5. The molecular formula is C18H18FN3O3. The number of benzene rings is 1. The third-order valence-corrected chi connectivity index (χ3v) is 5.48. The maximum atomic E-state index is 13.7. The van der Waals surface area contributed by atoms with E-state index < -0.39 is 29.6 Å². The van der Waals surface area contributed by atoms with Crippen LogP contribution in [0, 0.1) is 23.6 Å². The van der Waals surface area contributed by atoms with Crippen LogP contribution in [0.2, 0.25) is 0 Å². The molecule has 2 saturated carbocycles. The van der Waals surface area contributed by atoms with E-state index in [9.17, 15) is 18.8 Å². The summed E-state index contributed by atoms with van der Waals surface area (Å²) in [6, 6.07) is 5.05. The third kappa shape index (κ3) is 2.73. The number of hydrogen-bond donors (Lipinski definition) is 1. The van der Waals surface area contributed by atoms with E-state index in [-0.39, 0.29) is 11.7 Å². The second kappa shape index (κ2) is 6.06. The van der Waals surface area contributed by atoms with Gasteiger partial charge in [0.05, 0.1) is 5.69 Å². The molecule has 4 atom stereocenters. The van der Waals surface area contributed by atoms with Gasteiger partial charge in [0.1, 0.15) is 5.82 Å². The van der Waals surface area contributed by atoms with Crippen molar-refractivity contribution >= 4 is 29.7 Å². The normalized spacial score (nSPS) is 31.9. The Balaban J connectivity index is 1.57. The first-order valence-corrected chi connectivity index (χ1v) is 8.51. The highest BCUT2D eigenvalue weighted by molar-refractivity contribution is 6.23. The molecule has 2 aliphatic carbocycles. The van der Waals surface area contributed by atoms with Gasteiger partial charge >= 0.3 is 6.03 Å². The van der Waals surface area contributed by atoms with Gasteiger partial charge in [0.2, 0.25) is 11.8 Å². The van der Waals surface area contributed by atoms with E-state index in [2.05, 4.69) is 10.3 Å². The molecule has 7 heteroatoms. The first-order chi connectivity index (χ1) is 12.0. The Labute approximate surface area is 144 Å². The molecule has 3 fully saturated rings. The Morgan fingerprint density at radius 2 is 1.96 bits per heavy atom. The quantitative estimate of drug-likeness (QED) is 0.676. The number of aliphatic imine (C=N–C) groups is 1. The SMILES string of the molecule is O=C1NC(=O)N([C@H]2C[C@H]3CC[C@H]2C3)C(=O)[C@H]1C=Nc1ccccc1F. The predicted molar refractivity (Wildman–Crippen MR) is 87.7 cm³/mol. The molecule has 1 aromatic rings. The van der Waals surface area contributed by atoms with Gasteiger partial charge in [-0.1, -0.05) is 18.6 Å². The smallest absolute Gasteiger partial charge is 0.277 e. The molecule has 2 bridgehead atoms. The van der Waals surface area contributed by atoms with Gasteiger partial charge in [-0.2, -0.15) is 0 Å². The van der Waals surface area contributed by atoms with E-state index in [4.69, 9.17) is 0 Å². The van der Waals surface area contributed by atoms with Crippen molar-refractivity contribution in [2.24, 2.45) is 22.7 Å². The van der Waals surface area contributed by atoms with E-state index in [0.29, 0.717) is 11.8 Å². The Bertz CT molecular complexity index is 779. The molecule has 0 unspecified atom stereocenters. The number of carbonyl (C=O) groups excluding carboxylic acids is 3. The predicted octanol–water partition coefficient (Wildman–Crippen LogP) is 2.41. The van der Waals surface area contributed by atoms with Crippen LogP contribution in [-0.2, 0) is 9.59 Å². The minimum absolute atomic E-state index is 0.0477. The molecule has 4 amide bonds. The fraction of sp³-hybridized carbons (Fsp3) is 0.444. The highest BCUT2D eigenvalue weighted by atomic mass is 19.1. The van der Waals surface area contributed by atoms with Crippen molar-refractivity contribution < 1.29 is 18.8 Å². The maximum Gasteiger partial charge on any atom is 0.331 e. The Morgan fingerprint density at radius 3 is 2.64 bits per heavy atom. The van der Waals surface area contributed by atoms with Gasteiger partial charge in [0.25, 0.3) is 0 Å². The van der Waals surface area contributed by atoms with Crippen LogP contribution in [0.3, 0.4) is 0 Å². The van der Waals surface area contributed by atoms with Crippen molar-refractivity contribution in [3.05, 3.63) is 30.1 Å². The number of amides is 4. The number of carbonyl (C=O) groups is 3. The van der Waals surface area contributed by atoms with Crippen LogP contribution in [-0.4, -0.2) is 35.0 Å². The average molecular weight is 343 g/mol. The lowest BCUT2D eigenvalue weighted by Crippen LogP contribution is -2.62. The van der Waals surface area contributed by atoms with E-state index in [1.54, 1.807) is 6.07 Å². The number of barbiturate groups is 1. The molecule has 0 radical (unpaired) electrons. The van der Waals surface area contributed by atoms with Gasteiger partial charge in [-0.05, 0) is 43.2 Å². The van der Waals surface area contributed by atoms with Crippen LogP contribution in [0.25, 0.3) is 0 Å². The van der Waals surface area contributed by atoms with Gasteiger partial charge < -0.3 is 0 Å². The lowest BCUT2D eigenvalue weighted by molar-refractivity contribution is -0.141. The molecule has 6 nitrogen and oxygen atoms in total. The van der Waals surface area contributed by atoms with Crippen LogP contribution >= 0.6 is 0 Å². The van der Waals surface area contributed by atoms with Gasteiger partial charge in [-0.3, -0.25) is 24.8 Å². The number of urea groups is 1. The minimum Gasteiger partial charge on any atom is -0.277 e. The van der Waals surface area contributed by atoms with Crippen molar-refractivity contribution in [3.8, 4) is 0 Å². The number of hydrogen-bond acceptors (Lipinski definition) is 4. The summed E-state index contributed by atoms with van der Waals surface area (Å²) in [6.07, 6.45) is 5.11. The van der Waals surface area contributed by atoms with Gasteiger partial charge in [0, 0.05) is 12.3 Å². The van der Waals surface area contributed by atoms with Gasteiger partial charge in [-0.25, -0.2) is 9.18 Å². The molecule has 25 heavy (non-hydrogen) atoms. The van der Waals surface area contributed by atoms with E-state index in [1.165, 1.54) is 23.1 Å². The molecule has 1 aromatic carbocycles. The minimum atomic E-state index is -1.21. The van der Waals surface area contributed by atoms with Crippen molar-refractivity contribution in [3.63, 3.8) is 0 Å². The van der Waals surface area contributed by atoms with Crippen molar-refractivity contribution in [1.29, 1.82) is 0 Å². The Hall–Kier alpha value is -2.57. The standard InChI is InChI=1S/C18H18FN3O3/c19-13-3-1-2-4-14(13)20-9-12-16(23)21-18(25)22(17(12)24)15-8-10-5-6-11(15)7-10/h1-4,9-12,15H,5-8H2,(H,21,23,25)/t10-,11-,12-,15-/m0/s1. The molecule has 3 aliphatic rings. The van der Waals surface area contributed by atoms with Crippen LogP contribution in [0.5, 0.6) is 0 Å². The number of nitrogens with zero attached hydrogens (tertiary/aromatic N) is 2. The Kier molecular flexibility index (Phi) is 3.86. The largest absolute Gasteiger partial charge is 0.331 e. The summed E-state index contributed by atoms with van der Waals surface area (Å²) in [7, 11) is 0. The molecule has 1 N–H and O–H groups in total. The monoisotopic (exact) mass is 343 g/mol. The van der Waals surface area contributed by atoms with E-state index in [0.717, 1.165) is 31.9 Å². The molecule has 1 heterocycles. The van der Waals surface area contributed by atoms with Crippen LogP contribution in [0.4, 0.5) is 14.9 Å². The number of fused-ring (bicyclic) bond motifs is 2. The van der Waals surface area contributed by atoms with Crippen molar-refractivity contribution in [2.75, 3.05) is 0 Å². The maximum absolute atomic E-state index is 13.7. The van der Waals surface area contributed by atoms with Crippen LogP contribution in [0.15, 0.2) is 29.3 Å². The summed E-state index contributed by atoms with van der Waals surface area (Å²) in [4.78, 5) is 42.2. The lowest BCUT2D eigenvalue weighted by atomic mass is 9.92. The summed E-state index contributed by atoms with van der Waals surface area (Å²) in [5.41, 5.74) is 0.0477. The second-order valence-electron chi connectivity index (χ2n) is 6.95. The first kappa shape index (κ1) is 15.9. The molecule has 0 spiro atoms. The summed E-state index contributed by atoms with van der Waals surface area (Å²) in [6.45, 7) is 0. The first-order valence-electron chi connectivity index (χ1n) is 8.51. The summed E-state index contributed by atoms with van der Waals surface area (Å²) in [5.74, 6) is -2.16. The molecule has 1 saturated heterocycles. The number of para-hydroxylation sites is 1. The highest BCUT2D eigenvalue weighted by Gasteiger charge is 2.50. The molecule has 4 rings (SSSR count). The summed E-state index contributed by atoms with van der Waals surface area (Å²) >= 11 is 0. The van der Waals surface area contributed by atoms with Gasteiger partial charge in [-0.15, -0.1) is 0 Å².